The van der Waals surface area contributed by atoms with Gasteiger partial charge in [0.05, 0.1) is 13.2 Å². The molecule has 2 saturated heterocycles. The molecule has 0 saturated carbocycles. The van der Waals surface area contributed by atoms with Crippen molar-refractivity contribution in [3.63, 3.8) is 0 Å². The predicted molar refractivity (Wildman–Crippen MR) is 97.8 cm³/mol. The van der Waals surface area contributed by atoms with Gasteiger partial charge in [-0.3, -0.25) is 4.90 Å². The van der Waals surface area contributed by atoms with Crippen LogP contribution in [0.1, 0.15) is 32.1 Å². The summed E-state index contributed by atoms with van der Waals surface area (Å²) in [5.74, 6) is 0.951. The molecule has 0 bridgehead atoms. The Kier molecular flexibility index (Phi) is 5.73. The average Bonchev–Trinajstić information content (AvgIpc) is 2.80. The van der Waals surface area contributed by atoms with Crippen molar-refractivity contribution in [2.45, 2.75) is 42.6 Å². The molecule has 7 nitrogen and oxygen atoms in total. The van der Waals surface area contributed by atoms with Gasteiger partial charge in [-0.05, 0) is 32.0 Å². The van der Waals surface area contributed by atoms with E-state index in [1.807, 2.05) is 0 Å². The number of rotatable bonds is 4. The zero-order valence-electron chi connectivity index (χ0n) is 15.1. The van der Waals surface area contributed by atoms with Crippen molar-refractivity contribution in [2.75, 3.05) is 46.0 Å². The lowest BCUT2D eigenvalue weighted by Gasteiger charge is -2.35. The van der Waals surface area contributed by atoms with Crippen molar-refractivity contribution in [2.24, 2.45) is 0 Å². The number of hydrogen-bond donors (Lipinski definition) is 1. The number of nitrogens with one attached hydrogen (secondary N) is 1. The van der Waals surface area contributed by atoms with Crippen molar-refractivity contribution in [1.29, 1.82) is 0 Å². The molecule has 0 aliphatic carbocycles. The van der Waals surface area contributed by atoms with Crippen molar-refractivity contribution in [1.82, 2.24) is 14.6 Å². The highest BCUT2D eigenvalue weighted by atomic mass is 32.2. The van der Waals surface area contributed by atoms with E-state index in [1.54, 1.807) is 12.1 Å². The second-order valence-electron chi connectivity index (χ2n) is 7.19. The molecule has 1 N–H and O–H groups in total. The molecular weight excluding hydrogens is 354 g/mol. The molecule has 0 aromatic carbocycles. The van der Waals surface area contributed by atoms with Gasteiger partial charge in [0.15, 0.2) is 0 Å². The fourth-order valence-electron chi connectivity index (χ4n) is 3.71. The van der Waals surface area contributed by atoms with Crippen LogP contribution in [0.3, 0.4) is 0 Å². The van der Waals surface area contributed by atoms with Gasteiger partial charge in [-0.2, -0.15) is 4.98 Å². The first-order chi connectivity index (χ1) is 12.7. The molecule has 0 radical (unpaired) electrons. The second kappa shape index (κ2) is 8.21. The summed E-state index contributed by atoms with van der Waals surface area (Å²) in [6.07, 6.45) is 5.40. The first-order valence-corrected chi connectivity index (χ1v) is 10.7. The van der Waals surface area contributed by atoms with Gasteiger partial charge in [0, 0.05) is 32.0 Å². The molecule has 1 aromatic rings. The van der Waals surface area contributed by atoms with Crippen LogP contribution in [0.4, 0.5) is 0 Å². The fourth-order valence-corrected chi connectivity index (χ4v) is 4.69. The van der Waals surface area contributed by atoms with E-state index < -0.39 is 16.6 Å². The Morgan fingerprint density at radius 3 is 2.85 bits per heavy atom. The van der Waals surface area contributed by atoms with Crippen LogP contribution in [-0.2, 0) is 15.7 Å². The predicted octanol–water partition coefficient (Wildman–Crippen LogP) is 1.50. The van der Waals surface area contributed by atoms with Crippen molar-refractivity contribution in [3.8, 4) is 11.8 Å². The lowest BCUT2D eigenvalue weighted by atomic mass is 9.94. The Morgan fingerprint density at radius 2 is 2.04 bits per heavy atom. The topological polar surface area (TPSA) is 72.9 Å². The molecule has 1 unspecified atom stereocenters. The monoisotopic (exact) mass is 381 g/mol. The number of piperidine rings is 1. The van der Waals surface area contributed by atoms with Gasteiger partial charge >= 0.3 is 0 Å². The third kappa shape index (κ3) is 4.19. The van der Waals surface area contributed by atoms with E-state index in [9.17, 15) is 4.21 Å². The van der Waals surface area contributed by atoms with E-state index >= 15 is 0 Å². The largest absolute Gasteiger partial charge is 0.476 e. The van der Waals surface area contributed by atoms with Crippen LogP contribution in [0.15, 0.2) is 17.0 Å². The third-order valence-electron chi connectivity index (χ3n) is 5.35. The maximum absolute atomic E-state index is 12.5. The van der Waals surface area contributed by atoms with Crippen molar-refractivity contribution in [3.05, 3.63) is 12.1 Å². The smallest absolute Gasteiger partial charge is 0.235 e. The first-order valence-electron chi connectivity index (χ1n) is 9.52. The SMILES string of the molecule is O=S1NCC2(CCOCC2)Oc2nc(OCCN3CCCCC3)ccc21. The number of hydrogen-bond acceptors (Lipinski definition) is 6. The number of pyridine rings is 1. The van der Waals surface area contributed by atoms with E-state index in [0.29, 0.717) is 43.0 Å². The normalized spacial score (nSPS) is 25.9. The minimum Gasteiger partial charge on any atom is -0.476 e. The van der Waals surface area contributed by atoms with Crippen LogP contribution in [0.5, 0.6) is 11.8 Å². The van der Waals surface area contributed by atoms with Crippen molar-refractivity contribution < 1.29 is 18.4 Å². The maximum atomic E-state index is 12.5. The molecule has 1 aromatic heterocycles. The van der Waals surface area contributed by atoms with E-state index in [4.69, 9.17) is 14.2 Å². The standard InChI is InChI=1S/C18H27N3O4S/c22-26-15-4-5-16(24-13-10-21-8-2-1-3-9-21)20-17(15)25-18(14-19-26)6-11-23-12-7-18/h4-5,19H,1-3,6-14H2. The zero-order chi connectivity index (χ0) is 17.8. The van der Waals surface area contributed by atoms with E-state index in [1.165, 1.54) is 19.3 Å². The molecule has 3 aliphatic rings. The van der Waals surface area contributed by atoms with E-state index in [2.05, 4.69) is 14.6 Å². The third-order valence-corrected chi connectivity index (χ3v) is 6.47. The lowest BCUT2D eigenvalue weighted by molar-refractivity contribution is -0.0444. The van der Waals surface area contributed by atoms with Crippen LogP contribution in [0.2, 0.25) is 0 Å². The first kappa shape index (κ1) is 18.2. The summed E-state index contributed by atoms with van der Waals surface area (Å²) >= 11 is 0. The molecule has 1 spiro atoms. The van der Waals surface area contributed by atoms with Crippen LogP contribution < -0.4 is 14.2 Å². The molecule has 4 rings (SSSR count). The van der Waals surface area contributed by atoms with Gasteiger partial charge < -0.3 is 14.2 Å². The second-order valence-corrected chi connectivity index (χ2v) is 8.46. The Morgan fingerprint density at radius 1 is 1.23 bits per heavy atom. The Labute approximate surface area is 157 Å². The quantitative estimate of drug-likeness (QED) is 0.852. The summed E-state index contributed by atoms with van der Waals surface area (Å²) in [4.78, 5) is 7.53. The summed E-state index contributed by atoms with van der Waals surface area (Å²) < 4.78 is 33.1. The average molecular weight is 381 g/mol. The van der Waals surface area contributed by atoms with E-state index in [0.717, 1.165) is 32.5 Å². The molecular formula is C18H27N3O4S. The molecule has 3 aliphatic heterocycles. The summed E-state index contributed by atoms with van der Waals surface area (Å²) in [6.45, 7) is 5.65. The minimum atomic E-state index is -1.32. The summed E-state index contributed by atoms with van der Waals surface area (Å²) in [6, 6.07) is 3.57. The maximum Gasteiger partial charge on any atom is 0.235 e. The summed E-state index contributed by atoms with van der Waals surface area (Å²) in [5.41, 5.74) is -0.404. The van der Waals surface area contributed by atoms with Gasteiger partial charge in [0.2, 0.25) is 11.8 Å². The van der Waals surface area contributed by atoms with Crippen LogP contribution in [0, 0.1) is 0 Å². The molecule has 2 fully saturated rings. The van der Waals surface area contributed by atoms with Gasteiger partial charge in [-0.1, -0.05) is 6.42 Å². The molecule has 4 heterocycles. The highest BCUT2D eigenvalue weighted by molar-refractivity contribution is 7.83. The minimum absolute atomic E-state index is 0.404. The zero-order valence-corrected chi connectivity index (χ0v) is 15.9. The number of likely N-dealkylation sites (tertiary alicyclic amines) is 1. The molecule has 1 atom stereocenters. The highest BCUT2D eigenvalue weighted by Gasteiger charge is 2.39. The van der Waals surface area contributed by atoms with Gasteiger partial charge in [0.1, 0.15) is 28.1 Å². The van der Waals surface area contributed by atoms with Gasteiger partial charge in [0.25, 0.3) is 0 Å². The number of ether oxygens (including phenoxy) is 3. The number of nitrogens with zero attached hydrogens (tertiary/aromatic N) is 2. The highest BCUT2D eigenvalue weighted by Crippen LogP contribution is 2.33. The Hall–Kier alpha value is -1.22. The van der Waals surface area contributed by atoms with E-state index in [-0.39, 0.29) is 0 Å². The Bertz CT molecular complexity index is 645. The van der Waals surface area contributed by atoms with Crippen LogP contribution in [-0.4, -0.2) is 65.7 Å². The lowest BCUT2D eigenvalue weighted by Crippen LogP contribution is -2.48. The summed E-state index contributed by atoms with van der Waals surface area (Å²) in [7, 11) is -1.32. The molecule has 144 valence electrons. The van der Waals surface area contributed by atoms with Gasteiger partial charge in [-0.15, -0.1) is 0 Å². The van der Waals surface area contributed by atoms with Crippen LogP contribution in [0.25, 0.3) is 0 Å². The molecule has 0 amide bonds. The number of fused-ring (bicyclic) bond motifs is 1. The summed E-state index contributed by atoms with van der Waals surface area (Å²) in [5, 5.41) is 0. The Balaban J connectivity index is 1.43. The van der Waals surface area contributed by atoms with Gasteiger partial charge in [-0.25, -0.2) is 8.93 Å². The van der Waals surface area contributed by atoms with Crippen molar-refractivity contribution >= 4 is 11.0 Å². The molecule has 26 heavy (non-hydrogen) atoms. The fraction of sp³-hybridized carbons (Fsp3) is 0.722. The molecule has 8 heteroatoms. The van der Waals surface area contributed by atoms with Crippen LogP contribution >= 0.6 is 0 Å². The number of aromatic nitrogens is 1.